The summed E-state index contributed by atoms with van der Waals surface area (Å²) in [4.78, 5) is 40.6. The van der Waals surface area contributed by atoms with Gasteiger partial charge in [0.2, 0.25) is 11.8 Å². The molecule has 3 aromatic rings. The van der Waals surface area contributed by atoms with Crippen molar-refractivity contribution in [2.75, 3.05) is 4.90 Å². The van der Waals surface area contributed by atoms with E-state index in [0.717, 1.165) is 22.3 Å². The maximum atomic E-state index is 14.0. The Balaban J connectivity index is 1.54. The van der Waals surface area contributed by atoms with E-state index in [1.807, 2.05) is 24.3 Å². The van der Waals surface area contributed by atoms with Gasteiger partial charge in [0.15, 0.2) is 0 Å². The van der Waals surface area contributed by atoms with Crippen molar-refractivity contribution < 1.29 is 19.1 Å². The molecule has 7 rings (SSSR count). The maximum absolute atomic E-state index is 14.0. The molecule has 164 valence electrons. The highest BCUT2D eigenvalue weighted by atomic mass is 16.5. The molecule has 2 amide bonds. The van der Waals surface area contributed by atoms with Gasteiger partial charge in [-0.15, -0.1) is 0 Å². The Hall–Kier alpha value is -3.73. The fraction of sp³-hybridized carbons (Fsp3) is 0.250. The number of hydrogen-bond donors (Lipinski definition) is 0. The lowest BCUT2D eigenvalue weighted by atomic mass is 9.42. The summed E-state index contributed by atoms with van der Waals surface area (Å²) >= 11 is 0. The van der Waals surface area contributed by atoms with Crippen molar-refractivity contribution in [1.82, 2.24) is 0 Å². The van der Waals surface area contributed by atoms with E-state index in [2.05, 4.69) is 38.1 Å². The first kappa shape index (κ1) is 19.9. The van der Waals surface area contributed by atoms with E-state index in [4.69, 9.17) is 4.74 Å². The second kappa shape index (κ2) is 6.41. The van der Waals surface area contributed by atoms with Gasteiger partial charge < -0.3 is 4.74 Å². The molecule has 2 bridgehead atoms. The number of carbonyl (C=O) groups excluding carboxylic acids is 3. The first-order valence-electron chi connectivity index (χ1n) is 11.2. The van der Waals surface area contributed by atoms with Crippen LogP contribution in [0.15, 0.2) is 72.8 Å². The smallest absolute Gasteiger partial charge is 0.308 e. The van der Waals surface area contributed by atoms with Gasteiger partial charge in [-0.2, -0.15) is 0 Å². The fourth-order valence-electron chi connectivity index (χ4n) is 6.65. The Kier molecular flexibility index (Phi) is 3.87. The number of anilines is 1. The van der Waals surface area contributed by atoms with Crippen LogP contribution in [0, 0.1) is 11.8 Å². The summed E-state index contributed by atoms with van der Waals surface area (Å²) in [6.07, 6.45) is 0. The van der Waals surface area contributed by atoms with Crippen molar-refractivity contribution in [3.8, 4) is 5.75 Å². The van der Waals surface area contributed by atoms with Crippen LogP contribution in [0.1, 0.15) is 43.0 Å². The highest BCUT2D eigenvalue weighted by Crippen LogP contribution is 2.66. The molecule has 1 aliphatic heterocycles. The average Bonchev–Trinajstić information content (AvgIpc) is 3.09. The number of amides is 2. The maximum Gasteiger partial charge on any atom is 0.308 e. The van der Waals surface area contributed by atoms with Gasteiger partial charge in [-0.1, -0.05) is 62.4 Å². The van der Waals surface area contributed by atoms with Crippen LogP contribution in [0.4, 0.5) is 5.69 Å². The van der Waals surface area contributed by atoms with E-state index in [0.29, 0.717) is 11.4 Å². The molecule has 0 N–H and O–H groups in total. The number of hydrogen-bond acceptors (Lipinski definition) is 4. The Morgan fingerprint density at radius 2 is 1.12 bits per heavy atom. The average molecular weight is 437 g/mol. The fourth-order valence-corrected chi connectivity index (χ4v) is 6.65. The molecule has 3 aliphatic carbocycles. The molecule has 0 spiro atoms. The van der Waals surface area contributed by atoms with Crippen LogP contribution in [0.2, 0.25) is 0 Å². The zero-order valence-electron chi connectivity index (χ0n) is 18.7. The van der Waals surface area contributed by atoms with Gasteiger partial charge in [-0.25, -0.2) is 4.90 Å². The number of esters is 1. The highest BCUT2D eigenvalue weighted by Gasteiger charge is 2.70. The molecule has 3 aromatic carbocycles. The minimum absolute atomic E-state index is 0.178. The number of nitrogens with zero attached hydrogens (tertiary/aromatic N) is 1. The Morgan fingerprint density at radius 1 is 0.727 bits per heavy atom. The van der Waals surface area contributed by atoms with E-state index in [1.54, 1.807) is 24.3 Å². The van der Waals surface area contributed by atoms with Crippen molar-refractivity contribution in [3.63, 3.8) is 0 Å². The molecule has 1 heterocycles. The summed E-state index contributed by atoms with van der Waals surface area (Å²) in [5, 5.41) is 0. The topological polar surface area (TPSA) is 63.7 Å². The SMILES string of the molecule is CC(=O)Oc1ccc(N2C(=O)[C@H]3[C@H](C2=O)C2(C)c4ccccc4C3(C)c3ccccc32)cc1. The molecule has 33 heavy (non-hydrogen) atoms. The summed E-state index contributed by atoms with van der Waals surface area (Å²) in [5.41, 5.74) is 3.79. The minimum atomic E-state index is -0.602. The van der Waals surface area contributed by atoms with Crippen molar-refractivity contribution in [2.45, 2.75) is 31.6 Å². The van der Waals surface area contributed by atoms with Crippen LogP contribution >= 0.6 is 0 Å². The number of imide groups is 1. The number of benzene rings is 3. The quantitative estimate of drug-likeness (QED) is 0.340. The Labute approximate surface area is 192 Å². The summed E-state index contributed by atoms with van der Waals surface area (Å²) in [5.74, 6) is -1.39. The van der Waals surface area contributed by atoms with Gasteiger partial charge in [-0.05, 0) is 46.5 Å². The number of rotatable bonds is 2. The van der Waals surface area contributed by atoms with Crippen LogP contribution in [0.5, 0.6) is 5.75 Å². The largest absolute Gasteiger partial charge is 0.427 e. The minimum Gasteiger partial charge on any atom is -0.427 e. The number of carbonyl (C=O) groups is 3. The third-order valence-corrected chi connectivity index (χ3v) is 8.00. The number of ether oxygens (including phenoxy) is 1. The molecule has 1 saturated heterocycles. The molecule has 0 aromatic heterocycles. The van der Waals surface area contributed by atoms with Crippen molar-refractivity contribution >= 4 is 23.5 Å². The predicted octanol–water partition coefficient (Wildman–Crippen LogP) is 4.36. The van der Waals surface area contributed by atoms with E-state index in [9.17, 15) is 14.4 Å². The van der Waals surface area contributed by atoms with E-state index in [1.165, 1.54) is 11.8 Å². The first-order valence-corrected chi connectivity index (χ1v) is 11.2. The lowest BCUT2D eigenvalue weighted by Crippen LogP contribution is -2.59. The van der Waals surface area contributed by atoms with Crippen LogP contribution < -0.4 is 9.64 Å². The molecule has 5 nitrogen and oxygen atoms in total. The second-order valence-corrected chi connectivity index (χ2v) is 9.55. The van der Waals surface area contributed by atoms with Crippen molar-refractivity contribution in [2.24, 2.45) is 11.8 Å². The lowest BCUT2D eigenvalue weighted by Gasteiger charge is -2.57. The summed E-state index contributed by atoms with van der Waals surface area (Å²) in [6.45, 7) is 5.55. The predicted molar refractivity (Wildman–Crippen MR) is 123 cm³/mol. The first-order chi connectivity index (χ1) is 15.8. The molecule has 0 unspecified atom stereocenters. The van der Waals surface area contributed by atoms with Gasteiger partial charge in [0.25, 0.3) is 0 Å². The van der Waals surface area contributed by atoms with E-state index < -0.39 is 28.6 Å². The Bertz CT molecular complexity index is 1230. The van der Waals surface area contributed by atoms with Gasteiger partial charge in [-0.3, -0.25) is 14.4 Å². The normalized spacial score (nSPS) is 28.9. The molecule has 0 radical (unpaired) electrons. The van der Waals surface area contributed by atoms with Gasteiger partial charge in [0.05, 0.1) is 17.5 Å². The van der Waals surface area contributed by atoms with E-state index >= 15 is 0 Å². The standard InChI is InChI=1S/C28H23NO4/c1-16(30)33-18-14-12-17(13-15-18)29-25(31)23-24(26(29)32)28(3)21-10-6-4-8-19(21)27(23,2)20-9-5-7-11-22(20)28/h4-15,23-24H,1-3H3/t23-,24-,27?,28?/m1/s1. The summed E-state index contributed by atoms with van der Waals surface area (Å²) in [7, 11) is 0. The van der Waals surface area contributed by atoms with Crippen LogP contribution in [0.3, 0.4) is 0 Å². The van der Waals surface area contributed by atoms with Crippen molar-refractivity contribution in [3.05, 3.63) is 95.1 Å². The third kappa shape index (κ3) is 2.29. The summed E-state index contributed by atoms with van der Waals surface area (Å²) in [6, 6.07) is 23.0. The zero-order chi connectivity index (χ0) is 23.1. The third-order valence-electron chi connectivity index (χ3n) is 8.00. The second-order valence-electron chi connectivity index (χ2n) is 9.55. The lowest BCUT2D eigenvalue weighted by molar-refractivity contribution is -0.132. The summed E-state index contributed by atoms with van der Waals surface area (Å²) < 4.78 is 5.11. The molecule has 4 aliphatic rings. The van der Waals surface area contributed by atoms with Crippen LogP contribution in [-0.4, -0.2) is 17.8 Å². The Morgan fingerprint density at radius 3 is 1.48 bits per heavy atom. The van der Waals surface area contributed by atoms with Gasteiger partial charge in [0, 0.05) is 17.8 Å². The highest BCUT2D eigenvalue weighted by molar-refractivity contribution is 6.24. The zero-order valence-corrected chi connectivity index (χ0v) is 18.7. The molecule has 1 fully saturated rings. The molecular formula is C28H23NO4. The van der Waals surface area contributed by atoms with Crippen LogP contribution in [0.25, 0.3) is 0 Å². The molecule has 0 saturated carbocycles. The molecular weight excluding hydrogens is 414 g/mol. The van der Waals surface area contributed by atoms with Crippen molar-refractivity contribution in [1.29, 1.82) is 0 Å². The molecule has 5 heteroatoms. The van der Waals surface area contributed by atoms with E-state index in [-0.39, 0.29) is 11.8 Å². The van der Waals surface area contributed by atoms with Gasteiger partial charge in [0.1, 0.15) is 5.75 Å². The van der Waals surface area contributed by atoms with Crippen LogP contribution in [-0.2, 0) is 25.2 Å². The monoisotopic (exact) mass is 437 g/mol. The molecule has 2 atom stereocenters. The van der Waals surface area contributed by atoms with Gasteiger partial charge >= 0.3 is 5.97 Å².